The number of anilines is 2. The summed E-state index contributed by atoms with van der Waals surface area (Å²) in [5.41, 5.74) is 1.37. The topological polar surface area (TPSA) is 79.4 Å². The number of aromatic nitrogens is 1. The second-order valence-corrected chi connectivity index (χ2v) is 6.60. The van der Waals surface area contributed by atoms with E-state index in [4.69, 9.17) is 0 Å². The number of carbonyl (C=O) groups excluding carboxylic acids is 1. The first-order valence-corrected chi connectivity index (χ1v) is 7.88. The van der Waals surface area contributed by atoms with Crippen molar-refractivity contribution in [2.75, 3.05) is 16.7 Å². The Hall–Kier alpha value is -2.48. The zero-order valence-electron chi connectivity index (χ0n) is 11.6. The molecule has 0 saturated carbocycles. The Morgan fingerprint density at radius 2 is 2.05 bits per heavy atom. The van der Waals surface area contributed by atoms with Gasteiger partial charge in [0.1, 0.15) is 5.82 Å². The van der Waals surface area contributed by atoms with Gasteiger partial charge in [0.15, 0.2) is 0 Å². The molecule has 3 rings (SSSR count). The van der Waals surface area contributed by atoms with Crippen LogP contribution < -0.4 is 9.62 Å². The Kier molecular flexibility index (Phi) is 3.32. The SMILES string of the molecule is CN1C(=O)Cc2cc(S(=O)(=O)Nc3cncc(F)c3)ccc21. The van der Waals surface area contributed by atoms with E-state index in [9.17, 15) is 17.6 Å². The Morgan fingerprint density at radius 3 is 2.77 bits per heavy atom. The number of carbonyl (C=O) groups is 1. The van der Waals surface area contributed by atoms with Crippen LogP contribution in [0.3, 0.4) is 0 Å². The summed E-state index contributed by atoms with van der Waals surface area (Å²) >= 11 is 0. The van der Waals surface area contributed by atoms with Crippen LogP contribution in [0, 0.1) is 5.82 Å². The molecule has 114 valence electrons. The normalized spacial score (nSPS) is 14.1. The van der Waals surface area contributed by atoms with Crippen LogP contribution >= 0.6 is 0 Å². The fourth-order valence-electron chi connectivity index (χ4n) is 2.30. The molecule has 1 aromatic heterocycles. The van der Waals surface area contributed by atoms with Crippen molar-refractivity contribution in [2.24, 2.45) is 0 Å². The molecular weight excluding hydrogens is 309 g/mol. The van der Waals surface area contributed by atoms with Crippen molar-refractivity contribution in [1.82, 2.24) is 4.98 Å². The number of hydrogen-bond donors (Lipinski definition) is 1. The largest absolute Gasteiger partial charge is 0.315 e. The first-order valence-electron chi connectivity index (χ1n) is 6.40. The molecule has 0 saturated heterocycles. The number of nitrogens with zero attached hydrogens (tertiary/aromatic N) is 2. The van der Waals surface area contributed by atoms with Crippen LogP contribution in [-0.4, -0.2) is 26.4 Å². The van der Waals surface area contributed by atoms with Crippen LogP contribution in [0.25, 0.3) is 0 Å². The molecule has 0 unspecified atom stereocenters. The van der Waals surface area contributed by atoms with Crippen molar-refractivity contribution in [3.63, 3.8) is 0 Å². The Balaban J connectivity index is 1.94. The molecular formula is C14H12FN3O3S. The number of likely N-dealkylation sites (N-methyl/N-ethyl adjacent to an activating group) is 1. The third kappa shape index (κ3) is 2.52. The molecule has 1 amide bonds. The minimum Gasteiger partial charge on any atom is -0.315 e. The van der Waals surface area contributed by atoms with E-state index in [0.717, 1.165) is 12.3 Å². The average molecular weight is 321 g/mol. The van der Waals surface area contributed by atoms with Crippen molar-refractivity contribution in [3.8, 4) is 0 Å². The molecule has 8 heteroatoms. The first-order chi connectivity index (χ1) is 10.4. The summed E-state index contributed by atoms with van der Waals surface area (Å²) in [5, 5.41) is 0. The molecule has 1 aliphatic rings. The van der Waals surface area contributed by atoms with Gasteiger partial charge < -0.3 is 4.90 Å². The van der Waals surface area contributed by atoms with E-state index in [0.29, 0.717) is 11.3 Å². The first kappa shape index (κ1) is 14.5. The smallest absolute Gasteiger partial charge is 0.261 e. The van der Waals surface area contributed by atoms with Crippen molar-refractivity contribution >= 4 is 27.3 Å². The summed E-state index contributed by atoms with van der Waals surface area (Å²) in [6, 6.07) is 5.47. The minimum atomic E-state index is -3.87. The molecule has 1 aliphatic heterocycles. The Morgan fingerprint density at radius 1 is 1.27 bits per heavy atom. The molecule has 1 N–H and O–H groups in total. The maximum Gasteiger partial charge on any atom is 0.261 e. The fraction of sp³-hybridized carbons (Fsp3) is 0.143. The molecule has 0 radical (unpaired) electrons. The van der Waals surface area contributed by atoms with Gasteiger partial charge >= 0.3 is 0 Å². The summed E-state index contributed by atoms with van der Waals surface area (Å²) in [5.74, 6) is -0.729. The molecule has 1 aromatic carbocycles. The predicted octanol–water partition coefficient (Wildman–Crippen LogP) is 1.54. The zero-order chi connectivity index (χ0) is 15.9. The quantitative estimate of drug-likeness (QED) is 0.930. The van der Waals surface area contributed by atoms with Crippen molar-refractivity contribution in [2.45, 2.75) is 11.3 Å². The summed E-state index contributed by atoms with van der Waals surface area (Å²) < 4.78 is 40.0. The van der Waals surface area contributed by atoms with Gasteiger partial charge in [0.05, 0.1) is 29.4 Å². The second kappa shape index (κ2) is 5.06. The highest BCUT2D eigenvalue weighted by Crippen LogP contribution is 2.30. The van der Waals surface area contributed by atoms with Gasteiger partial charge in [-0.25, -0.2) is 12.8 Å². The summed E-state index contributed by atoms with van der Waals surface area (Å²) in [6.45, 7) is 0. The van der Waals surface area contributed by atoms with E-state index in [1.165, 1.54) is 23.2 Å². The van der Waals surface area contributed by atoms with Gasteiger partial charge in [-0.3, -0.25) is 14.5 Å². The number of benzene rings is 1. The van der Waals surface area contributed by atoms with E-state index in [1.54, 1.807) is 13.1 Å². The van der Waals surface area contributed by atoms with E-state index >= 15 is 0 Å². The summed E-state index contributed by atoms with van der Waals surface area (Å²) in [7, 11) is -2.24. The van der Waals surface area contributed by atoms with E-state index in [1.807, 2.05) is 0 Å². The van der Waals surface area contributed by atoms with Crippen molar-refractivity contribution in [3.05, 3.63) is 48.0 Å². The van der Waals surface area contributed by atoms with Gasteiger partial charge in [0.2, 0.25) is 5.91 Å². The number of hydrogen-bond acceptors (Lipinski definition) is 4. The molecule has 6 nitrogen and oxygen atoms in total. The van der Waals surface area contributed by atoms with Gasteiger partial charge in [-0.2, -0.15) is 0 Å². The monoisotopic (exact) mass is 321 g/mol. The molecule has 2 heterocycles. The maximum absolute atomic E-state index is 13.1. The lowest BCUT2D eigenvalue weighted by atomic mass is 10.2. The number of sulfonamides is 1. The third-order valence-corrected chi connectivity index (χ3v) is 4.77. The van der Waals surface area contributed by atoms with Gasteiger partial charge in [0.25, 0.3) is 10.0 Å². The van der Waals surface area contributed by atoms with Crippen LogP contribution in [0.2, 0.25) is 0 Å². The highest BCUT2D eigenvalue weighted by Gasteiger charge is 2.26. The standard InChI is InChI=1S/C14H12FN3O3S/c1-18-13-3-2-12(4-9(13)5-14(18)19)22(20,21)17-11-6-10(15)7-16-8-11/h2-4,6-8,17H,5H2,1H3. The van der Waals surface area contributed by atoms with Crippen LogP contribution in [0.4, 0.5) is 15.8 Å². The fourth-order valence-corrected chi connectivity index (χ4v) is 3.38. The Bertz CT molecular complexity index is 867. The van der Waals surface area contributed by atoms with Crippen molar-refractivity contribution in [1.29, 1.82) is 0 Å². The molecule has 0 spiro atoms. The predicted molar refractivity (Wildman–Crippen MR) is 78.6 cm³/mol. The van der Waals surface area contributed by atoms with Crippen LogP contribution in [0.5, 0.6) is 0 Å². The molecule has 0 atom stereocenters. The van der Waals surface area contributed by atoms with Crippen LogP contribution in [-0.2, 0) is 21.2 Å². The third-order valence-electron chi connectivity index (χ3n) is 3.40. The maximum atomic E-state index is 13.1. The lowest BCUT2D eigenvalue weighted by Crippen LogP contribution is -2.20. The van der Waals surface area contributed by atoms with Crippen LogP contribution in [0.1, 0.15) is 5.56 Å². The Labute approximate surface area is 126 Å². The molecule has 22 heavy (non-hydrogen) atoms. The second-order valence-electron chi connectivity index (χ2n) is 4.92. The number of rotatable bonds is 3. The number of halogens is 1. The minimum absolute atomic E-state index is 0.0126. The number of fused-ring (bicyclic) bond motifs is 1. The lowest BCUT2D eigenvalue weighted by molar-refractivity contribution is -0.117. The number of pyridine rings is 1. The summed E-state index contributed by atoms with van der Waals surface area (Å²) in [6.07, 6.45) is 2.36. The number of amides is 1. The van der Waals surface area contributed by atoms with E-state index < -0.39 is 15.8 Å². The van der Waals surface area contributed by atoms with Crippen molar-refractivity contribution < 1.29 is 17.6 Å². The van der Waals surface area contributed by atoms with Crippen LogP contribution in [0.15, 0.2) is 41.6 Å². The van der Waals surface area contributed by atoms with E-state index in [-0.39, 0.29) is 22.9 Å². The molecule has 0 bridgehead atoms. The average Bonchev–Trinajstić information content (AvgIpc) is 2.73. The molecule has 0 fully saturated rings. The molecule has 2 aromatic rings. The zero-order valence-corrected chi connectivity index (χ0v) is 12.4. The van der Waals surface area contributed by atoms with Gasteiger partial charge in [-0.05, 0) is 23.8 Å². The van der Waals surface area contributed by atoms with Gasteiger partial charge in [-0.1, -0.05) is 0 Å². The lowest BCUT2D eigenvalue weighted by Gasteiger charge is -2.11. The van der Waals surface area contributed by atoms with E-state index in [2.05, 4.69) is 9.71 Å². The van der Waals surface area contributed by atoms with Gasteiger partial charge in [-0.15, -0.1) is 0 Å². The highest BCUT2D eigenvalue weighted by atomic mass is 32.2. The highest BCUT2D eigenvalue weighted by molar-refractivity contribution is 7.92. The molecule has 0 aliphatic carbocycles. The number of nitrogens with one attached hydrogen (secondary N) is 1. The van der Waals surface area contributed by atoms with Gasteiger partial charge in [0, 0.05) is 18.8 Å². The summed E-state index contributed by atoms with van der Waals surface area (Å²) in [4.78, 5) is 16.7.